The molecule has 10 heavy (non-hydrogen) atoms. The molecule has 0 saturated carbocycles. The predicted molar refractivity (Wildman–Crippen MR) is 45.1 cm³/mol. The van der Waals surface area contributed by atoms with Gasteiger partial charge in [0.05, 0.1) is 0 Å². The van der Waals surface area contributed by atoms with Crippen LogP contribution in [0.15, 0.2) is 0 Å². The van der Waals surface area contributed by atoms with Crippen LogP contribution in [0.5, 0.6) is 0 Å². The first-order valence-corrected chi connectivity index (χ1v) is 5.03. The third-order valence-electron chi connectivity index (χ3n) is 1.44. The van der Waals surface area contributed by atoms with Crippen molar-refractivity contribution in [3.63, 3.8) is 0 Å². The summed E-state index contributed by atoms with van der Waals surface area (Å²) < 4.78 is 19.3. The fraction of sp³-hybridized carbons (Fsp3) is 0.833. The zero-order valence-corrected chi connectivity index (χ0v) is 7.23. The van der Waals surface area contributed by atoms with Gasteiger partial charge in [0.1, 0.15) is 9.99 Å². The van der Waals surface area contributed by atoms with Crippen LogP contribution in [0.1, 0.15) is 26.7 Å². The Labute approximate surface area is 62.6 Å². The summed E-state index contributed by atoms with van der Waals surface area (Å²) in [6.07, 6.45) is 1.73. The lowest BCUT2D eigenvalue weighted by Gasteiger charge is -2.05. The van der Waals surface area contributed by atoms with Crippen LogP contribution in [0.4, 0.5) is 0 Å². The molecule has 0 aliphatic rings. The maximum atomic E-state index is 10.6. The highest BCUT2D eigenvalue weighted by Crippen LogP contribution is 2.03. The molecule has 4 heteroatoms. The second kappa shape index (κ2) is 3.95. The average Bonchev–Trinajstić information content (AvgIpc) is 1.81. The van der Waals surface area contributed by atoms with Gasteiger partial charge in [0.15, 0.2) is 0 Å². The first kappa shape index (κ1) is 9.94. The lowest BCUT2D eigenvalue weighted by atomic mass is 10.1. The van der Waals surface area contributed by atoms with E-state index in [0.29, 0.717) is 0 Å². The Balaban J connectivity index is 4.23. The Kier molecular flexibility index (Phi) is 3.93. The first-order chi connectivity index (χ1) is 4.49. The van der Waals surface area contributed by atoms with Gasteiger partial charge in [-0.1, -0.05) is 13.8 Å². The van der Waals surface area contributed by atoms with Gasteiger partial charge in [-0.05, 0) is 18.8 Å². The smallest absolute Gasteiger partial charge is 0.138 e. The number of hydrogen-bond donors (Lipinski definition) is 2. The zero-order chi connectivity index (χ0) is 8.20. The maximum Gasteiger partial charge on any atom is 0.138 e. The van der Waals surface area contributed by atoms with Crippen molar-refractivity contribution in [3.05, 3.63) is 0 Å². The molecule has 0 heterocycles. The van der Waals surface area contributed by atoms with E-state index in [0.717, 1.165) is 12.8 Å². The summed E-state index contributed by atoms with van der Waals surface area (Å²) in [5, 5.41) is 6.24. The van der Waals surface area contributed by atoms with Crippen molar-refractivity contribution >= 4 is 15.4 Å². The summed E-state index contributed by atoms with van der Waals surface area (Å²) >= 11 is 0. The van der Waals surface area contributed by atoms with Gasteiger partial charge in [-0.15, -0.1) is 0 Å². The zero-order valence-electron chi connectivity index (χ0n) is 6.41. The van der Waals surface area contributed by atoms with Crippen molar-refractivity contribution in [1.29, 1.82) is 0 Å². The van der Waals surface area contributed by atoms with Crippen LogP contribution in [-0.2, 0) is 9.99 Å². The van der Waals surface area contributed by atoms with Gasteiger partial charge in [-0.2, -0.15) is 0 Å². The van der Waals surface area contributed by atoms with Crippen LogP contribution in [0.3, 0.4) is 0 Å². The second-order valence-electron chi connectivity index (χ2n) is 2.33. The quantitative estimate of drug-likeness (QED) is 0.609. The summed E-state index contributed by atoms with van der Waals surface area (Å²) in [6, 6.07) is 0. The van der Waals surface area contributed by atoms with Crippen LogP contribution in [0.25, 0.3) is 0 Å². The van der Waals surface area contributed by atoms with Gasteiger partial charge >= 0.3 is 0 Å². The lowest BCUT2D eigenvalue weighted by Crippen LogP contribution is -2.17. The van der Waals surface area contributed by atoms with E-state index in [1.165, 1.54) is 5.37 Å². The van der Waals surface area contributed by atoms with E-state index in [2.05, 4.69) is 0 Å². The molecule has 0 spiro atoms. The molecule has 0 saturated heterocycles. The van der Waals surface area contributed by atoms with E-state index in [1.54, 1.807) is 0 Å². The fourth-order valence-electron chi connectivity index (χ4n) is 0.757. The fourth-order valence-corrected chi connectivity index (χ4v) is 1.69. The van der Waals surface area contributed by atoms with Crippen molar-refractivity contribution in [2.24, 2.45) is 11.1 Å². The Hall–Kier alpha value is -0.0600. The molecule has 0 aromatic heterocycles. The molecular weight excluding hydrogens is 150 g/mol. The van der Waals surface area contributed by atoms with E-state index in [1.807, 2.05) is 13.8 Å². The van der Waals surface area contributed by atoms with Crippen LogP contribution in [0, 0.1) is 5.92 Å². The van der Waals surface area contributed by atoms with Crippen molar-refractivity contribution < 1.29 is 8.76 Å². The van der Waals surface area contributed by atoms with Crippen molar-refractivity contribution in [2.75, 3.05) is 0 Å². The van der Waals surface area contributed by atoms with Crippen LogP contribution in [-0.4, -0.2) is 14.1 Å². The lowest BCUT2D eigenvalue weighted by molar-refractivity contribution is 0.558. The molecule has 0 aliphatic heterocycles. The van der Waals surface area contributed by atoms with Crippen LogP contribution in [0.2, 0.25) is 0 Å². The van der Waals surface area contributed by atoms with Gasteiger partial charge in [0.2, 0.25) is 0 Å². The molecule has 3 N–H and O–H groups in total. The Bertz CT molecular complexity index is 182. The minimum atomic E-state index is -3.12. The second-order valence-corrected chi connectivity index (χ2v) is 3.83. The molecule has 1 atom stereocenters. The summed E-state index contributed by atoms with van der Waals surface area (Å²) in [7, 11) is -3.12. The summed E-state index contributed by atoms with van der Waals surface area (Å²) in [5.74, 6) is 0.169. The van der Waals surface area contributed by atoms with E-state index >= 15 is 0 Å². The van der Waals surface area contributed by atoms with Gasteiger partial charge in [0.25, 0.3) is 0 Å². The van der Waals surface area contributed by atoms with E-state index < -0.39 is 9.99 Å². The topological polar surface area (TPSA) is 63.3 Å². The van der Waals surface area contributed by atoms with E-state index in [9.17, 15) is 4.21 Å². The third kappa shape index (κ3) is 4.78. The molecule has 0 aromatic carbocycles. The molecule has 0 bridgehead atoms. The SMILES string of the molecule is CCC(C=S(N)(=O)O)CC. The average molecular weight is 165 g/mol. The van der Waals surface area contributed by atoms with Crippen LogP contribution < -0.4 is 5.14 Å². The van der Waals surface area contributed by atoms with Gasteiger partial charge in [0, 0.05) is 5.37 Å². The molecule has 0 aromatic rings. The molecule has 0 fully saturated rings. The normalized spacial score (nSPS) is 16.9. The Morgan fingerprint density at radius 1 is 1.60 bits per heavy atom. The molecule has 0 amide bonds. The first-order valence-electron chi connectivity index (χ1n) is 3.38. The van der Waals surface area contributed by atoms with Crippen molar-refractivity contribution in [3.8, 4) is 0 Å². The van der Waals surface area contributed by atoms with E-state index in [-0.39, 0.29) is 5.92 Å². The predicted octanol–water partition coefficient (Wildman–Crippen LogP) is 0.856. The number of hydrogen-bond acceptors (Lipinski definition) is 1. The molecule has 0 aliphatic carbocycles. The minimum Gasteiger partial charge on any atom is -0.303 e. The van der Waals surface area contributed by atoms with Gasteiger partial charge in [-0.25, -0.2) is 9.35 Å². The molecule has 3 nitrogen and oxygen atoms in total. The van der Waals surface area contributed by atoms with Gasteiger partial charge in [-0.3, -0.25) is 0 Å². The number of rotatable bonds is 3. The molecule has 0 rings (SSSR count). The maximum absolute atomic E-state index is 10.6. The summed E-state index contributed by atoms with van der Waals surface area (Å²) in [6.45, 7) is 3.94. The summed E-state index contributed by atoms with van der Waals surface area (Å²) in [4.78, 5) is 0. The minimum absolute atomic E-state index is 0.169. The molecule has 1 unspecified atom stereocenters. The van der Waals surface area contributed by atoms with E-state index in [4.69, 9.17) is 9.69 Å². The van der Waals surface area contributed by atoms with Crippen molar-refractivity contribution in [1.82, 2.24) is 0 Å². The third-order valence-corrected chi connectivity index (χ3v) is 2.21. The Morgan fingerprint density at radius 2 is 2.00 bits per heavy atom. The summed E-state index contributed by atoms with van der Waals surface area (Å²) in [5.41, 5.74) is 0. The highest BCUT2D eigenvalue weighted by atomic mass is 32.2. The molecular formula is C6H15NO2S. The monoisotopic (exact) mass is 165 g/mol. The largest absolute Gasteiger partial charge is 0.303 e. The Morgan fingerprint density at radius 3 is 2.10 bits per heavy atom. The molecule has 62 valence electrons. The van der Waals surface area contributed by atoms with Crippen LogP contribution >= 0.6 is 0 Å². The highest BCUT2D eigenvalue weighted by molar-refractivity contribution is 7.94. The van der Waals surface area contributed by atoms with Gasteiger partial charge < -0.3 is 4.55 Å². The van der Waals surface area contributed by atoms with Crippen molar-refractivity contribution in [2.45, 2.75) is 26.7 Å². The highest BCUT2D eigenvalue weighted by Gasteiger charge is 2.01. The standard InChI is InChI=1S/C6H15NO2S/c1-3-6(4-2)5-10(7,8)9/h5-6H,3-4H2,1-2H3,(H3,7,8,9). The molecule has 0 radical (unpaired) electrons. The number of nitrogens with two attached hydrogens (primary N) is 1.